The fourth-order valence-corrected chi connectivity index (χ4v) is 3.86. The van der Waals surface area contributed by atoms with E-state index in [1.165, 1.54) is 16.8 Å². The summed E-state index contributed by atoms with van der Waals surface area (Å²) in [7, 11) is 0. The first-order valence-corrected chi connectivity index (χ1v) is 9.60. The van der Waals surface area contributed by atoms with Gasteiger partial charge in [0, 0.05) is 31.2 Å². The van der Waals surface area contributed by atoms with Crippen LogP contribution >= 0.6 is 0 Å². The molecule has 26 heavy (non-hydrogen) atoms. The molecule has 0 amide bonds. The minimum atomic E-state index is -0.000197. The maximum atomic E-state index is 10.1. The molecule has 3 rings (SSSR count). The van der Waals surface area contributed by atoms with Crippen molar-refractivity contribution >= 4 is 0 Å². The zero-order valence-corrected chi connectivity index (χ0v) is 16.1. The monoisotopic (exact) mass is 353 g/mol. The predicted molar refractivity (Wildman–Crippen MR) is 106 cm³/mol. The summed E-state index contributed by atoms with van der Waals surface area (Å²) in [4.78, 5) is 6.86. The number of hydrogen-bond donors (Lipinski definition) is 1. The van der Waals surface area contributed by atoms with Crippen LogP contribution < -0.4 is 0 Å². The average molecular weight is 354 g/mol. The number of nitrogens with zero attached hydrogens (tertiary/aromatic N) is 3. The number of hydrogen-bond acceptors (Lipinski definition) is 3. The van der Waals surface area contributed by atoms with E-state index in [4.69, 9.17) is 0 Å². The molecule has 1 atom stereocenters. The maximum absolute atomic E-state index is 10.1. The molecular weight excluding hydrogens is 322 g/mol. The lowest BCUT2D eigenvalue weighted by molar-refractivity contribution is 0.0298. The van der Waals surface area contributed by atoms with E-state index in [2.05, 4.69) is 58.6 Å². The number of benzene rings is 1. The smallest absolute Gasteiger partial charge is 0.0951 e. The van der Waals surface area contributed by atoms with Crippen molar-refractivity contribution in [3.8, 4) is 0 Å². The molecular formula is C22H31N3O. The summed E-state index contributed by atoms with van der Waals surface area (Å²) in [5.74, 6) is 0. The van der Waals surface area contributed by atoms with Gasteiger partial charge in [-0.2, -0.15) is 0 Å². The van der Waals surface area contributed by atoms with Crippen molar-refractivity contribution in [1.82, 2.24) is 14.5 Å². The number of rotatable bonds is 7. The van der Waals surface area contributed by atoms with Gasteiger partial charge in [0.15, 0.2) is 0 Å². The average Bonchev–Trinajstić information content (AvgIpc) is 3.08. The maximum Gasteiger partial charge on any atom is 0.0951 e. The second-order valence-electron chi connectivity index (χ2n) is 7.96. The minimum Gasteiger partial charge on any atom is -0.396 e. The Kier molecular flexibility index (Phi) is 6.28. The van der Waals surface area contributed by atoms with E-state index in [1.807, 2.05) is 18.6 Å². The molecule has 2 heterocycles. The molecule has 4 nitrogen and oxygen atoms in total. The third-order valence-corrected chi connectivity index (χ3v) is 5.40. The molecule has 1 aliphatic heterocycles. The van der Waals surface area contributed by atoms with Gasteiger partial charge >= 0.3 is 0 Å². The van der Waals surface area contributed by atoms with E-state index < -0.39 is 0 Å². The van der Waals surface area contributed by atoms with Crippen molar-refractivity contribution in [2.75, 3.05) is 19.7 Å². The van der Waals surface area contributed by atoms with Gasteiger partial charge in [-0.25, -0.2) is 4.98 Å². The van der Waals surface area contributed by atoms with Crippen LogP contribution in [0.2, 0.25) is 0 Å². The first-order chi connectivity index (χ1) is 12.6. The summed E-state index contributed by atoms with van der Waals surface area (Å²) >= 11 is 0. The summed E-state index contributed by atoms with van der Waals surface area (Å²) in [6.45, 7) is 8.31. The molecule has 0 radical (unpaired) electrons. The van der Waals surface area contributed by atoms with E-state index >= 15 is 0 Å². The van der Waals surface area contributed by atoms with Crippen LogP contribution in [-0.4, -0.2) is 39.3 Å². The van der Waals surface area contributed by atoms with Crippen LogP contribution in [-0.2, 0) is 13.1 Å². The molecule has 0 bridgehead atoms. The van der Waals surface area contributed by atoms with Gasteiger partial charge in [0.1, 0.15) is 0 Å². The highest BCUT2D eigenvalue weighted by atomic mass is 16.3. The SMILES string of the molecule is CC(C)=CC[C@]1(CO)CCCN(Cc2cncn2Cc2ccccc2)C1. The van der Waals surface area contributed by atoms with Crippen LogP contribution in [0.3, 0.4) is 0 Å². The zero-order valence-electron chi connectivity index (χ0n) is 16.1. The second kappa shape index (κ2) is 8.65. The van der Waals surface area contributed by atoms with Gasteiger partial charge in [-0.1, -0.05) is 42.0 Å². The van der Waals surface area contributed by atoms with Gasteiger partial charge in [0.25, 0.3) is 0 Å². The molecule has 0 aliphatic carbocycles. The molecule has 0 saturated carbocycles. The number of allylic oxidation sites excluding steroid dienone is 2. The first kappa shape index (κ1) is 18.9. The topological polar surface area (TPSA) is 41.3 Å². The van der Waals surface area contributed by atoms with Gasteiger partial charge in [0.05, 0.1) is 18.6 Å². The highest BCUT2D eigenvalue weighted by Crippen LogP contribution is 2.34. The molecule has 4 heteroatoms. The van der Waals surface area contributed by atoms with Crippen LogP contribution in [0.5, 0.6) is 0 Å². The molecule has 2 aromatic rings. The van der Waals surface area contributed by atoms with Crippen LogP contribution in [0.25, 0.3) is 0 Å². The zero-order chi connectivity index (χ0) is 18.4. The number of aliphatic hydroxyl groups is 1. The summed E-state index contributed by atoms with van der Waals surface area (Å²) in [5.41, 5.74) is 3.86. The largest absolute Gasteiger partial charge is 0.396 e. The summed E-state index contributed by atoms with van der Waals surface area (Å²) < 4.78 is 2.24. The molecule has 1 aromatic heterocycles. The third-order valence-electron chi connectivity index (χ3n) is 5.40. The fraction of sp³-hybridized carbons (Fsp3) is 0.500. The molecule has 0 spiro atoms. The van der Waals surface area contributed by atoms with E-state index in [1.54, 1.807) is 0 Å². The van der Waals surface area contributed by atoms with E-state index in [-0.39, 0.29) is 12.0 Å². The standard InChI is InChI=1S/C22H31N3O/c1-19(2)9-11-22(17-26)10-6-12-24(16-22)15-21-13-23-18-25(21)14-20-7-4-3-5-8-20/h3-5,7-9,13,18,26H,6,10-12,14-17H2,1-2H3/t22-/m1/s1. The lowest BCUT2D eigenvalue weighted by atomic mass is 9.77. The molecule has 1 aliphatic rings. The lowest BCUT2D eigenvalue weighted by Gasteiger charge is -2.41. The van der Waals surface area contributed by atoms with Crippen molar-refractivity contribution in [2.24, 2.45) is 5.41 Å². The van der Waals surface area contributed by atoms with Crippen LogP contribution in [0.4, 0.5) is 0 Å². The minimum absolute atomic E-state index is 0.000197. The Morgan fingerprint density at radius 3 is 2.77 bits per heavy atom. The highest BCUT2D eigenvalue weighted by Gasteiger charge is 2.34. The molecule has 140 valence electrons. The number of likely N-dealkylation sites (tertiary alicyclic amines) is 1. The van der Waals surface area contributed by atoms with E-state index in [0.29, 0.717) is 0 Å². The quantitative estimate of drug-likeness (QED) is 0.769. The summed E-state index contributed by atoms with van der Waals surface area (Å²) in [6.07, 6.45) is 9.39. The predicted octanol–water partition coefficient (Wildman–Crippen LogP) is 3.86. The molecule has 0 unspecified atom stereocenters. The van der Waals surface area contributed by atoms with Crippen molar-refractivity contribution < 1.29 is 5.11 Å². The van der Waals surface area contributed by atoms with E-state index in [9.17, 15) is 5.11 Å². The highest BCUT2D eigenvalue weighted by molar-refractivity contribution is 5.16. The summed E-state index contributed by atoms with van der Waals surface area (Å²) in [6, 6.07) is 10.5. The van der Waals surface area contributed by atoms with Crippen molar-refractivity contribution in [2.45, 2.75) is 46.2 Å². The van der Waals surface area contributed by atoms with Gasteiger partial charge < -0.3 is 9.67 Å². The van der Waals surface area contributed by atoms with Crippen LogP contribution in [0.15, 0.2) is 54.5 Å². The van der Waals surface area contributed by atoms with Gasteiger partial charge in [-0.3, -0.25) is 4.90 Å². The number of piperidine rings is 1. The van der Waals surface area contributed by atoms with Crippen molar-refractivity contribution in [3.63, 3.8) is 0 Å². The Bertz CT molecular complexity index is 718. The number of imidazole rings is 1. The van der Waals surface area contributed by atoms with Gasteiger partial charge in [0.2, 0.25) is 0 Å². The van der Waals surface area contributed by atoms with Gasteiger partial charge in [-0.05, 0) is 45.2 Å². The Hall–Kier alpha value is -1.91. The van der Waals surface area contributed by atoms with E-state index in [0.717, 1.165) is 45.4 Å². The normalized spacial score (nSPS) is 20.9. The number of aliphatic hydroxyl groups excluding tert-OH is 1. The second-order valence-corrected chi connectivity index (χ2v) is 7.96. The summed E-state index contributed by atoms with van der Waals surface area (Å²) in [5, 5.41) is 10.1. The fourth-order valence-electron chi connectivity index (χ4n) is 3.86. The van der Waals surface area contributed by atoms with Crippen LogP contribution in [0, 0.1) is 5.41 Å². The number of aromatic nitrogens is 2. The Labute approximate surface area is 157 Å². The van der Waals surface area contributed by atoms with Crippen LogP contribution in [0.1, 0.15) is 44.4 Å². The molecule has 1 fully saturated rings. The van der Waals surface area contributed by atoms with Crippen molar-refractivity contribution in [1.29, 1.82) is 0 Å². The first-order valence-electron chi connectivity index (χ1n) is 9.60. The lowest BCUT2D eigenvalue weighted by Crippen LogP contribution is -2.45. The Balaban J connectivity index is 1.67. The molecule has 1 saturated heterocycles. The van der Waals surface area contributed by atoms with Gasteiger partial charge in [-0.15, -0.1) is 0 Å². The Morgan fingerprint density at radius 1 is 1.23 bits per heavy atom. The molecule has 1 aromatic carbocycles. The Morgan fingerprint density at radius 2 is 2.04 bits per heavy atom. The third kappa shape index (κ3) is 4.83. The molecule has 1 N–H and O–H groups in total. The van der Waals surface area contributed by atoms with Crippen molar-refractivity contribution in [3.05, 3.63) is 65.8 Å².